The smallest absolute Gasteiger partial charge is 0.338 e. The molecular weight excluding hydrogens is 496 g/mol. The molecule has 190 valence electrons. The maximum atomic E-state index is 13.3. The minimum absolute atomic E-state index is 0.130. The van der Waals surface area contributed by atoms with Crippen molar-refractivity contribution in [1.82, 2.24) is 4.98 Å². The molecule has 8 nitrogen and oxygen atoms in total. The van der Waals surface area contributed by atoms with Crippen molar-refractivity contribution in [3.8, 4) is 5.75 Å². The molecule has 1 aliphatic heterocycles. The van der Waals surface area contributed by atoms with E-state index in [0.29, 0.717) is 29.2 Å². The van der Waals surface area contributed by atoms with E-state index in [1.54, 1.807) is 50.2 Å². The predicted molar refractivity (Wildman–Crippen MR) is 139 cm³/mol. The third kappa shape index (κ3) is 5.20. The van der Waals surface area contributed by atoms with Crippen molar-refractivity contribution in [2.75, 3.05) is 11.5 Å². The highest BCUT2D eigenvalue weighted by atomic mass is 35.5. The van der Waals surface area contributed by atoms with E-state index >= 15 is 0 Å². The third-order valence-electron chi connectivity index (χ3n) is 5.69. The zero-order chi connectivity index (χ0) is 26.7. The van der Waals surface area contributed by atoms with Crippen molar-refractivity contribution in [2.24, 2.45) is 0 Å². The van der Waals surface area contributed by atoms with Crippen LogP contribution in [-0.4, -0.2) is 40.5 Å². The van der Waals surface area contributed by atoms with Crippen molar-refractivity contribution >= 4 is 40.7 Å². The van der Waals surface area contributed by atoms with Gasteiger partial charge in [0.05, 0.1) is 34.9 Å². The number of Topliss-reactive ketones (excluding diaryl/α,β-unsaturated/α-hetero) is 1. The van der Waals surface area contributed by atoms with Crippen molar-refractivity contribution < 1.29 is 29.0 Å². The molecule has 1 saturated heterocycles. The first kappa shape index (κ1) is 25.9. The van der Waals surface area contributed by atoms with E-state index in [0.717, 1.165) is 0 Å². The van der Waals surface area contributed by atoms with Gasteiger partial charge in [-0.2, -0.15) is 0 Å². The summed E-state index contributed by atoms with van der Waals surface area (Å²) in [7, 11) is 0. The normalized spacial score (nSPS) is 16.8. The molecule has 0 aliphatic carbocycles. The van der Waals surface area contributed by atoms with Crippen molar-refractivity contribution in [3.63, 3.8) is 0 Å². The van der Waals surface area contributed by atoms with E-state index in [2.05, 4.69) is 4.98 Å². The molecule has 1 amide bonds. The molecule has 4 rings (SSSR count). The standard InChI is InChI=1S/C28H25ClN2O6/c1-4-36-20-9-10-22(29)21(15-20)25(32)23-24(17-11-13-30-14-12-17)31(27(34)26(23)33)19-7-5-18(6-8-19)28(35)37-16(2)3/h5-16,24,32H,4H2,1-3H3/b25-23+. The number of hydrogen-bond acceptors (Lipinski definition) is 7. The van der Waals surface area contributed by atoms with Gasteiger partial charge in [-0.15, -0.1) is 0 Å². The van der Waals surface area contributed by atoms with Crippen LogP contribution in [0.3, 0.4) is 0 Å². The number of benzene rings is 2. The van der Waals surface area contributed by atoms with Gasteiger partial charge in [0.2, 0.25) is 0 Å². The first-order valence-electron chi connectivity index (χ1n) is 11.7. The summed E-state index contributed by atoms with van der Waals surface area (Å²) in [6, 6.07) is 13.2. The lowest BCUT2D eigenvalue weighted by molar-refractivity contribution is -0.132. The number of ketones is 1. The Bertz CT molecular complexity index is 1370. The summed E-state index contributed by atoms with van der Waals surface area (Å²) in [4.78, 5) is 44.2. The molecule has 0 saturated carbocycles. The zero-order valence-electron chi connectivity index (χ0n) is 20.5. The number of aromatic nitrogens is 1. The highest BCUT2D eigenvalue weighted by Gasteiger charge is 2.47. The number of ether oxygens (including phenoxy) is 2. The Morgan fingerprint density at radius 1 is 1.08 bits per heavy atom. The molecular formula is C28H25ClN2O6. The zero-order valence-corrected chi connectivity index (χ0v) is 21.2. The van der Waals surface area contributed by atoms with Crippen LogP contribution in [0.1, 0.15) is 48.3 Å². The predicted octanol–water partition coefficient (Wildman–Crippen LogP) is 5.33. The fourth-order valence-corrected chi connectivity index (χ4v) is 4.29. The van der Waals surface area contributed by atoms with Crippen LogP contribution in [0.2, 0.25) is 5.02 Å². The average molecular weight is 521 g/mol. The van der Waals surface area contributed by atoms with E-state index in [4.69, 9.17) is 21.1 Å². The van der Waals surface area contributed by atoms with Gasteiger partial charge in [0.1, 0.15) is 11.5 Å². The minimum Gasteiger partial charge on any atom is -0.507 e. The largest absolute Gasteiger partial charge is 0.507 e. The summed E-state index contributed by atoms with van der Waals surface area (Å²) < 4.78 is 10.7. The first-order valence-corrected chi connectivity index (χ1v) is 12.0. The quantitative estimate of drug-likeness (QED) is 0.194. The number of amides is 1. The van der Waals surface area contributed by atoms with Crippen molar-refractivity contribution in [1.29, 1.82) is 0 Å². The minimum atomic E-state index is -0.969. The Morgan fingerprint density at radius 2 is 1.76 bits per heavy atom. The van der Waals surface area contributed by atoms with Crippen LogP contribution in [0.5, 0.6) is 5.75 Å². The number of halogens is 1. The number of esters is 1. The van der Waals surface area contributed by atoms with Crippen LogP contribution < -0.4 is 9.64 Å². The lowest BCUT2D eigenvalue weighted by Crippen LogP contribution is -2.29. The van der Waals surface area contributed by atoms with Crippen LogP contribution in [0.4, 0.5) is 5.69 Å². The van der Waals surface area contributed by atoms with Crippen molar-refractivity contribution in [3.05, 3.63) is 94.3 Å². The van der Waals surface area contributed by atoms with Gasteiger partial charge in [-0.3, -0.25) is 19.5 Å². The topological polar surface area (TPSA) is 106 Å². The molecule has 0 bridgehead atoms. The summed E-state index contributed by atoms with van der Waals surface area (Å²) in [6.45, 7) is 5.70. The van der Waals surface area contributed by atoms with Gasteiger partial charge >= 0.3 is 5.97 Å². The maximum Gasteiger partial charge on any atom is 0.338 e. The highest BCUT2D eigenvalue weighted by molar-refractivity contribution is 6.52. The van der Waals surface area contributed by atoms with E-state index in [1.807, 2.05) is 6.92 Å². The number of nitrogens with zero attached hydrogens (tertiary/aromatic N) is 2. The van der Waals surface area contributed by atoms with Gasteiger partial charge in [0.25, 0.3) is 11.7 Å². The molecule has 1 N–H and O–H groups in total. The van der Waals surface area contributed by atoms with Gasteiger partial charge in [0, 0.05) is 23.6 Å². The highest BCUT2D eigenvalue weighted by Crippen LogP contribution is 2.43. The lowest BCUT2D eigenvalue weighted by Gasteiger charge is -2.25. The van der Waals surface area contributed by atoms with E-state index in [-0.39, 0.29) is 22.3 Å². The summed E-state index contributed by atoms with van der Waals surface area (Å²) in [5.74, 6) is -2.19. The number of rotatable bonds is 7. The van der Waals surface area contributed by atoms with E-state index in [1.165, 1.54) is 35.5 Å². The lowest BCUT2D eigenvalue weighted by atomic mass is 9.95. The Hall–Kier alpha value is -4.17. The van der Waals surface area contributed by atoms with Gasteiger partial charge < -0.3 is 14.6 Å². The van der Waals surface area contributed by atoms with Crippen LogP contribution in [0.15, 0.2) is 72.6 Å². The first-order chi connectivity index (χ1) is 17.7. The average Bonchev–Trinajstić information content (AvgIpc) is 3.15. The van der Waals surface area contributed by atoms with Gasteiger partial charge in [-0.1, -0.05) is 11.6 Å². The second-order valence-electron chi connectivity index (χ2n) is 8.53. The maximum absolute atomic E-state index is 13.3. The Balaban J connectivity index is 1.84. The van der Waals surface area contributed by atoms with Gasteiger partial charge in [-0.05, 0) is 80.9 Å². The molecule has 1 atom stereocenters. The molecule has 2 aromatic carbocycles. The molecule has 0 spiro atoms. The molecule has 1 aromatic heterocycles. The molecule has 1 unspecified atom stereocenters. The number of pyridine rings is 1. The van der Waals surface area contributed by atoms with Crippen molar-refractivity contribution in [2.45, 2.75) is 32.9 Å². The summed E-state index contributed by atoms with van der Waals surface area (Å²) in [6.07, 6.45) is 2.77. The van der Waals surface area contributed by atoms with Crippen LogP contribution in [0, 0.1) is 0 Å². The second-order valence-corrected chi connectivity index (χ2v) is 8.93. The number of aliphatic hydroxyl groups is 1. The molecule has 9 heteroatoms. The number of aliphatic hydroxyl groups excluding tert-OH is 1. The summed E-state index contributed by atoms with van der Waals surface area (Å²) in [5, 5.41) is 11.5. The number of carbonyl (C=O) groups is 3. The summed E-state index contributed by atoms with van der Waals surface area (Å²) in [5.41, 5.74) is 1.25. The molecule has 2 heterocycles. The Labute approximate surface area is 219 Å². The van der Waals surface area contributed by atoms with Crippen LogP contribution in [0.25, 0.3) is 5.76 Å². The third-order valence-corrected chi connectivity index (χ3v) is 6.02. The monoisotopic (exact) mass is 520 g/mol. The SMILES string of the molecule is CCOc1ccc(Cl)c(/C(O)=C2\C(=O)C(=O)N(c3ccc(C(=O)OC(C)C)cc3)C2c2ccncc2)c1. The molecule has 3 aromatic rings. The molecule has 1 aliphatic rings. The number of hydrogen-bond donors (Lipinski definition) is 1. The molecule has 0 radical (unpaired) electrons. The van der Waals surface area contributed by atoms with E-state index < -0.39 is 29.5 Å². The van der Waals surface area contributed by atoms with E-state index in [9.17, 15) is 19.5 Å². The summed E-state index contributed by atoms with van der Waals surface area (Å²) >= 11 is 6.37. The van der Waals surface area contributed by atoms with Gasteiger partial charge in [-0.25, -0.2) is 4.79 Å². The van der Waals surface area contributed by atoms with Gasteiger partial charge in [0.15, 0.2) is 0 Å². The number of anilines is 1. The fourth-order valence-electron chi connectivity index (χ4n) is 4.09. The van der Waals surface area contributed by atoms with Crippen LogP contribution >= 0.6 is 11.6 Å². The van der Waals surface area contributed by atoms with Crippen LogP contribution in [-0.2, 0) is 14.3 Å². The second kappa shape index (κ2) is 10.8. The molecule has 1 fully saturated rings. The Kier molecular flexibility index (Phi) is 7.59. The number of carbonyl (C=O) groups excluding carboxylic acids is 3. The Morgan fingerprint density at radius 3 is 2.38 bits per heavy atom. The fraction of sp³-hybridized carbons (Fsp3) is 0.214. The molecule has 37 heavy (non-hydrogen) atoms.